The third-order valence-corrected chi connectivity index (χ3v) is 11.7. The van der Waals surface area contributed by atoms with Gasteiger partial charge in [-0.15, -0.1) is 0 Å². The van der Waals surface area contributed by atoms with E-state index in [1.165, 1.54) is 77.5 Å². The number of anilines is 3. The average Bonchev–Trinajstić information content (AvgIpc) is 3.50. The molecule has 1 aliphatic rings. The van der Waals surface area contributed by atoms with Crippen LogP contribution in [0, 0.1) is 0 Å². The smallest absolute Gasteiger partial charge is 0.0540 e. The van der Waals surface area contributed by atoms with Gasteiger partial charge in [0.05, 0.1) is 5.69 Å². The molecular formula is C55H41N. The van der Waals surface area contributed by atoms with Gasteiger partial charge in [0.15, 0.2) is 0 Å². The van der Waals surface area contributed by atoms with E-state index in [-0.39, 0.29) is 5.41 Å². The predicted molar refractivity (Wildman–Crippen MR) is 238 cm³/mol. The third kappa shape index (κ3) is 5.72. The van der Waals surface area contributed by atoms with Crippen LogP contribution in [0.15, 0.2) is 212 Å². The van der Waals surface area contributed by atoms with Gasteiger partial charge in [0.1, 0.15) is 0 Å². The zero-order valence-electron chi connectivity index (χ0n) is 31.7. The van der Waals surface area contributed by atoms with Crippen molar-refractivity contribution in [3.8, 4) is 55.6 Å². The minimum absolute atomic E-state index is 0.170. The molecule has 0 aliphatic heterocycles. The maximum atomic E-state index is 2.44. The molecule has 0 unspecified atom stereocenters. The minimum Gasteiger partial charge on any atom is -0.310 e. The van der Waals surface area contributed by atoms with Crippen molar-refractivity contribution in [2.45, 2.75) is 19.3 Å². The lowest BCUT2D eigenvalue weighted by molar-refractivity contribution is 0.660. The highest BCUT2D eigenvalue weighted by molar-refractivity contribution is 6.02. The van der Waals surface area contributed by atoms with Gasteiger partial charge >= 0.3 is 0 Å². The molecule has 266 valence electrons. The van der Waals surface area contributed by atoms with Gasteiger partial charge < -0.3 is 4.90 Å². The van der Waals surface area contributed by atoms with Gasteiger partial charge in [-0.05, 0) is 114 Å². The lowest BCUT2D eigenvalue weighted by atomic mass is 9.81. The summed E-state index contributed by atoms with van der Waals surface area (Å²) in [5, 5.41) is 2.47. The Bertz CT molecular complexity index is 2850. The van der Waals surface area contributed by atoms with E-state index >= 15 is 0 Å². The maximum Gasteiger partial charge on any atom is 0.0540 e. The van der Waals surface area contributed by atoms with E-state index in [2.05, 4.69) is 231 Å². The Morgan fingerprint density at radius 2 is 0.929 bits per heavy atom. The molecule has 56 heavy (non-hydrogen) atoms. The highest BCUT2D eigenvalue weighted by Crippen LogP contribution is 2.54. The lowest BCUT2D eigenvalue weighted by Crippen LogP contribution is -2.17. The Kier molecular flexibility index (Phi) is 8.23. The molecule has 0 bridgehead atoms. The van der Waals surface area contributed by atoms with Gasteiger partial charge in [-0.3, -0.25) is 0 Å². The molecule has 1 aliphatic carbocycles. The van der Waals surface area contributed by atoms with E-state index < -0.39 is 0 Å². The molecule has 0 aromatic heterocycles. The first-order valence-corrected chi connectivity index (χ1v) is 19.5. The number of benzene rings is 9. The summed E-state index contributed by atoms with van der Waals surface area (Å²) in [7, 11) is 0. The summed E-state index contributed by atoms with van der Waals surface area (Å²) in [5.41, 5.74) is 18.4. The van der Waals surface area contributed by atoms with Crippen molar-refractivity contribution in [3.05, 3.63) is 223 Å². The molecule has 0 amide bonds. The van der Waals surface area contributed by atoms with Crippen LogP contribution in [0.1, 0.15) is 25.0 Å². The fourth-order valence-corrected chi connectivity index (χ4v) is 8.87. The van der Waals surface area contributed by atoms with Crippen LogP contribution < -0.4 is 4.90 Å². The summed E-state index contributed by atoms with van der Waals surface area (Å²) in [6, 6.07) is 77.5. The van der Waals surface area contributed by atoms with E-state index in [0.717, 1.165) is 17.1 Å². The fourth-order valence-electron chi connectivity index (χ4n) is 8.87. The number of para-hydroxylation sites is 2. The first kappa shape index (κ1) is 33.6. The van der Waals surface area contributed by atoms with Crippen LogP contribution in [0.3, 0.4) is 0 Å². The summed E-state index contributed by atoms with van der Waals surface area (Å²) in [4.78, 5) is 2.44. The van der Waals surface area contributed by atoms with Crippen LogP contribution in [-0.2, 0) is 5.41 Å². The van der Waals surface area contributed by atoms with Gasteiger partial charge in [0.2, 0.25) is 0 Å². The molecular weight excluding hydrogens is 675 g/mol. The van der Waals surface area contributed by atoms with Crippen LogP contribution in [0.4, 0.5) is 17.1 Å². The number of fused-ring (bicyclic) bond motifs is 4. The van der Waals surface area contributed by atoms with Crippen molar-refractivity contribution >= 4 is 27.8 Å². The molecule has 0 saturated heterocycles. The highest BCUT2D eigenvalue weighted by atomic mass is 15.1. The number of hydrogen-bond acceptors (Lipinski definition) is 1. The predicted octanol–water partition coefficient (Wildman–Crippen LogP) is 15.3. The second-order valence-electron chi connectivity index (χ2n) is 15.3. The molecule has 0 saturated carbocycles. The van der Waals surface area contributed by atoms with Crippen molar-refractivity contribution in [3.63, 3.8) is 0 Å². The van der Waals surface area contributed by atoms with Gasteiger partial charge in [-0.1, -0.05) is 184 Å². The summed E-state index contributed by atoms with van der Waals surface area (Å²) in [6.45, 7) is 4.75. The highest BCUT2D eigenvalue weighted by Gasteiger charge is 2.37. The van der Waals surface area contributed by atoms with Crippen molar-refractivity contribution in [2.24, 2.45) is 0 Å². The Balaban J connectivity index is 1.13. The third-order valence-electron chi connectivity index (χ3n) is 11.7. The Morgan fingerprint density at radius 3 is 1.70 bits per heavy atom. The second kappa shape index (κ2) is 13.7. The summed E-state index contributed by atoms with van der Waals surface area (Å²) < 4.78 is 0. The van der Waals surface area contributed by atoms with Crippen molar-refractivity contribution in [1.82, 2.24) is 0 Å². The average molecular weight is 716 g/mol. The van der Waals surface area contributed by atoms with E-state index in [1.54, 1.807) is 0 Å². The SMILES string of the molecule is CC1(C)c2cc(N(c3ccccc3)c3ccccc3-c3cc(-c4ccc(-c5ccccc5)cc4)c4ccccc4c3)ccc2-c2c(-c3ccccc3)cccc21. The molecule has 0 N–H and O–H groups in total. The topological polar surface area (TPSA) is 3.24 Å². The number of nitrogens with zero attached hydrogens (tertiary/aromatic N) is 1. The summed E-state index contributed by atoms with van der Waals surface area (Å²) >= 11 is 0. The van der Waals surface area contributed by atoms with Crippen LogP contribution in [0.5, 0.6) is 0 Å². The Hall–Kier alpha value is -6.96. The monoisotopic (exact) mass is 715 g/mol. The molecule has 1 nitrogen and oxygen atoms in total. The van der Waals surface area contributed by atoms with Crippen molar-refractivity contribution in [1.29, 1.82) is 0 Å². The summed E-state index contributed by atoms with van der Waals surface area (Å²) in [5.74, 6) is 0. The molecule has 0 heterocycles. The van der Waals surface area contributed by atoms with Gasteiger partial charge in [-0.25, -0.2) is 0 Å². The number of rotatable bonds is 7. The molecule has 9 aromatic carbocycles. The summed E-state index contributed by atoms with van der Waals surface area (Å²) in [6.07, 6.45) is 0. The van der Waals surface area contributed by atoms with Gasteiger partial charge in [-0.2, -0.15) is 0 Å². The first-order valence-electron chi connectivity index (χ1n) is 19.5. The van der Waals surface area contributed by atoms with E-state index in [9.17, 15) is 0 Å². The number of hydrogen-bond donors (Lipinski definition) is 0. The van der Waals surface area contributed by atoms with Gasteiger partial charge in [0.25, 0.3) is 0 Å². The van der Waals surface area contributed by atoms with Crippen molar-refractivity contribution in [2.75, 3.05) is 4.90 Å². The first-order chi connectivity index (χ1) is 27.5. The van der Waals surface area contributed by atoms with E-state index in [4.69, 9.17) is 0 Å². The van der Waals surface area contributed by atoms with Gasteiger partial charge in [0, 0.05) is 22.4 Å². The molecule has 9 aromatic rings. The largest absolute Gasteiger partial charge is 0.310 e. The normalized spacial score (nSPS) is 12.6. The second-order valence-corrected chi connectivity index (χ2v) is 15.3. The van der Waals surface area contributed by atoms with E-state index in [0.29, 0.717) is 0 Å². The fraction of sp³-hybridized carbons (Fsp3) is 0.0545. The lowest BCUT2D eigenvalue weighted by Gasteiger charge is -2.30. The maximum absolute atomic E-state index is 2.44. The Morgan fingerprint density at radius 1 is 0.339 bits per heavy atom. The standard InChI is InChI=1S/C55H41N/c1-55(2)51-27-16-26-48(40-19-8-4-9-20-40)54(51)49-34-33-45(37-52(49)55)56(44-22-10-5-11-23-44)53-28-15-14-25-47(53)43-35-42-21-12-13-24-46(42)50(36-43)41-31-29-39(30-32-41)38-17-6-3-7-18-38/h3-37H,1-2H3. The van der Waals surface area contributed by atoms with E-state index in [1.807, 2.05) is 0 Å². The molecule has 0 atom stereocenters. The van der Waals surface area contributed by atoms with Crippen LogP contribution >= 0.6 is 0 Å². The zero-order chi connectivity index (χ0) is 37.6. The molecule has 10 rings (SSSR count). The minimum atomic E-state index is -0.170. The molecule has 0 spiro atoms. The molecule has 1 heteroatoms. The van der Waals surface area contributed by atoms with Crippen LogP contribution in [-0.4, -0.2) is 0 Å². The van der Waals surface area contributed by atoms with Crippen molar-refractivity contribution < 1.29 is 0 Å². The Labute approximate surface area is 329 Å². The quantitative estimate of drug-likeness (QED) is 0.159. The van der Waals surface area contributed by atoms with Crippen LogP contribution in [0.25, 0.3) is 66.4 Å². The molecule has 0 fully saturated rings. The van der Waals surface area contributed by atoms with Crippen LogP contribution in [0.2, 0.25) is 0 Å². The molecule has 0 radical (unpaired) electrons. The zero-order valence-corrected chi connectivity index (χ0v) is 31.7.